The van der Waals surface area contributed by atoms with Gasteiger partial charge in [-0.3, -0.25) is 4.79 Å². The third kappa shape index (κ3) is 6.78. The summed E-state index contributed by atoms with van der Waals surface area (Å²) >= 11 is 1.24. The molecule has 0 aliphatic rings. The third-order valence-corrected chi connectivity index (χ3v) is 5.79. The summed E-state index contributed by atoms with van der Waals surface area (Å²) in [6.45, 7) is 4.01. The molecule has 170 valence electrons. The van der Waals surface area contributed by atoms with Crippen molar-refractivity contribution in [3.05, 3.63) is 64.7 Å². The number of halogens is 3. The number of alkyl halides is 3. The minimum atomic E-state index is -4.77. The standard InChI is InChI=1S/C23H24F3N3O2S/c1-3-7-20(30)27-19(13-16-9-5-8-15(4-2)12-16)22-29-28-21(32-22)17-10-6-11-18(14-17)31-23(24,25)26/h5-6,8-12,14,19H,3-4,7,13H2,1-2H3,(H,27,30). The van der Waals surface area contributed by atoms with Crippen LogP contribution in [0.2, 0.25) is 0 Å². The van der Waals surface area contributed by atoms with Gasteiger partial charge in [-0.25, -0.2) is 0 Å². The van der Waals surface area contributed by atoms with Gasteiger partial charge in [0.15, 0.2) is 0 Å². The lowest BCUT2D eigenvalue weighted by Gasteiger charge is -2.16. The lowest BCUT2D eigenvalue weighted by atomic mass is 10.0. The second-order valence-corrected chi connectivity index (χ2v) is 8.28. The maximum absolute atomic E-state index is 12.5. The summed E-state index contributed by atoms with van der Waals surface area (Å²) in [6, 6.07) is 13.3. The van der Waals surface area contributed by atoms with E-state index in [1.54, 1.807) is 6.07 Å². The Kier molecular flexibility index (Phi) is 7.84. The van der Waals surface area contributed by atoms with Crippen LogP contribution >= 0.6 is 11.3 Å². The maximum Gasteiger partial charge on any atom is 0.573 e. The van der Waals surface area contributed by atoms with Gasteiger partial charge in [0, 0.05) is 12.0 Å². The van der Waals surface area contributed by atoms with Crippen LogP contribution in [-0.2, 0) is 17.6 Å². The number of amides is 1. The molecule has 32 heavy (non-hydrogen) atoms. The fourth-order valence-corrected chi connectivity index (χ4v) is 4.11. The first kappa shape index (κ1) is 23.7. The van der Waals surface area contributed by atoms with Crippen molar-refractivity contribution in [3.63, 3.8) is 0 Å². The van der Waals surface area contributed by atoms with Crippen molar-refractivity contribution in [2.45, 2.75) is 51.9 Å². The Morgan fingerprint density at radius 1 is 1.09 bits per heavy atom. The van der Waals surface area contributed by atoms with Crippen LogP contribution in [0.25, 0.3) is 10.6 Å². The highest BCUT2D eigenvalue weighted by Crippen LogP contribution is 2.32. The molecular formula is C23H24F3N3O2S. The van der Waals surface area contributed by atoms with E-state index in [0.717, 1.165) is 18.4 Å². The number of hydrogen-bond acceptors (Lipinski definition) is 5. The predicted octanol–water partition coefficient (Wildman–Crippen LogP) is 5.87. The first-order chi connectivity index (χ1) is 15.3. The molecular weight excluding hydrogens is 439 g/mol. The van der Waals surface area contributed by atoms with E-state index in [0.29, 0.717) is 28.4 Å². The molecule has 0 saturated carbocycles. The van der Waals surface area contributed by atoms with E-state index >= 15 is 0 Å². The van der Waals surface area contributed by atoms with Crippen molar-refractivity contribution in [1.29, 1.82) is 0 Å². The van der Waals surface area contributed by atoms with E-state index in [1.807, 2.05) is 25.1 Å². The fraction of sp³-hybridized carbons (Fsp3) is 0.348. The van der Waals surface area contributed by atoms with Crippen molar-refractivity contribution < 1.29 is 22.7 Å². The number of ether oxygens (including phenoxy) is 1. The maximum atomic E-state index is 12.5. The van der Waals surface area contributed by atoms with E-state index in [1.165, 1.54) is 35.1 Å². The summed E-state index contributed by atoms with van der Waals surface area (Å²) < 4.78 is 41.6. The first-order valence-electron chi connectivity index (χ1n) is 10.3. The van der Waals surface area contributed by atoms with Crippen LogP contribution in [0.3, 0.4) is 0 Å². The Morgan fingerprint density at radius 3 is 2.56 bits per heavy atom. The van der Waals surface area contributed by atoms with E-state index < -0.39 is 6.36 Å². The largest absolute Gasteiger partial charge is 0.573 e. The van der Waals surface area contributed by atoms with Crippen LogP contribution in [0.1, 0.15) is 48.9 Å². The summed E-state index contributed by atoms with van der Waals surface area (Å²) in [4.78, 5) is 12.3. The van der Waals surface area contributed by atoms with Gasteiger partial charge in [-0.05, 0) is 42.5 Å². The van der Waals surface area contributed by atoms with Crippen molar-refractivity contribution in [3.8, 4) is 16.3 Å². The number of nitrogens with one attached hydrogen (secondary N) is 1. The second-order valence-electron chi connectivity index (χ2n) is 7.27. The van der Waals surface area contributed by atoms with Gasteiger partial charge >= 0.3 is 6.36 Å². The monoisotopic (exact) mass is 463 g/mol. The molecule has 2 aromatic carbocycles. The molecule has 1 atom stereocenters. The number of benzene rings is 2. The number of nitrogens with zero attached hydrogens (tertiary/aromatic N) is 2. The molecule has 1 unspecified atom stereocenters. The molecule has 0 radical (unpaired) electrons. The molecule has 0 aliphatic carbocycles. The van der Waals surface area contributed by atoms with Gasteiger partial charge < -0.3 is 10.1 Å². The summed E-state index contributed by atoms with van der Waals surface area (Å²) in [5, 5.41) is 12.5. The predicted molar refractivity (Wildman–Crippen MR) is 117 cm³/mol. The molecule has 0 bridgehead atoms. The van der Waals surface area contributed by atoms with Gasteiger partial charge in [-0.15, -0.1) is 23.4 Å². The van der Waals surface area contributed by atoms with Gasteiger partial charge in [0.25, 0.3) is 0 Å². The number of aromatic nitrogens is 2. The van der Waals surface area contributed by atoms with E-state index in [-0.39, 0.29) is 17.7 Å². The Morgan fingerprint density at radius 2 is 1.84 bits per heavy atom. The Hall–Kier alpha value is -2.94. The van der Waals surface area contributed by atoms with Crippen molar-refractivity contribution in [1.82, 2.24) is 15.5 Å². The number of rotatable bonds is 9. The smallest absolute Gasteiger partial charge is 0.406 e. The fourth-order valence-electron chi connectivity index (χ4n) is 3.22. The normalized spacial score (nSPS) is 12.4. The molecule has 0 aliphatic heterocycles. The summed E-state index contributed by atoms with van der Waals surface area (Å²) in [6.07, 6.45) is -2.22. The zero-order valence-corrected chi connectivity index (χ0v) is 18.6. The highest BCUT2D eigenvalue weighted by atomic mass is 32.1. The summed E-state index contributed by atoms with van der Waals surface area (Å²) in [5.41, 5.74) is 2.71. The molecule has 1 amide bonds. The van der Waals surface area contributed by atoms with Gasteiger partial charge in [0.1, 0.15) is 15.8 Å². The minimum absolute atomic E-state index is 0.0820. The van der Waals surface area contributed by atoms with Crippen LogP contribution in [0.15, 0.2) is 48.5 Å². The topological polar surface area (TPSA) is 64.1 Å². The Labute approximate surface area is 188 Å². The van der Waals surface area contributed by atoms with Gasteiger partial charge in [0.05, 0.1) is 6.04 Å². The molecule has 3 aromatic rings. The van der Waals surface area contributed by atoms with Gasteiger partial charge in [-0.1, -0.05) is 61.6 Å². The van der Waals surface area contributed by atoms with Crippen molar-refractivity contribution >= 4 is 17.2 Å². The minimum Gasteiger partial charge on any atom is -0.406 e. The van der Waals surface area contributed by atoms with Gasteiger partial charge in [0.2, 0.25) is 5.91 Å². The lowest BCUT2D eigenvalue weighted by Crippen LogP contribution is -2.29. The highest BCUT2D eigenvalue weighted by Gasteiger charge is 2.31. The Balaban J connectivity index is 1.86. The molecule has 1 aromatic heterocycles. The van der Waals surface area contributed by atoms with Crippen LogP contribution in [0.4, 0.5) is 13.2 Å². The van der Waals surface area contributed by atoms with E-state index in [4.69, 9.17) is 0 Å². The number of hydrogen-bond donors (Lipinski definition) is 1. The van der Waals surface area contributed by atoms with Crippen LogP contribution in [0.5, 0.6) is 5.75 Å². The Bertz CT molecular complexity index is 1050. The van der Waals surface area contributed by atoms with Crippen molar-refractivity contribution in [2.75, 3.05) is 0 Å². The van der Waals surface area contributed by atoms with Crippen LogP contribution in [-0.4, -0.2) is 22.5 Å². The second kappa shape index (κ2) is 10.6. The molecule has 1 N–H and O–H groups in total. The molecule has 0 fully saturated rings. The van der Waals surface area contributed by atoms with Crippen LogP contribution < -0.4 is 10.1 Å². The lowest BCUT2D eigenvalue weighted by molar-refractivity contribution is -0.274. The zero-order valence-electron chi connectivity index (χ0n) is 17.8. The first-order valence-corrected chi connectivity index (χ1v) is 11.2. The number of carbonyl (C=O) groups excluding carboxylic acids is 1. The third-order valence-electron chi connectivity index (χ3n) is 4.71. The molecule has 1 heterocycles. The van der Waals surface area contributed by atoms with Gasteiger partial charge in [-0.2, -0.15) is 0 Å². The highest BCUT2D eigenvalue weighted by molar-refractivity contribution is 7.14. The molecule has 9 heteroatoms. The number of carbonyl (C=O) groups is 1. The summed E-state index contributed by atoms with van der Waals surface area (Å²) in [7, 11) is 0. The number of aryl methyl sites for hydroxylation is 1. The average molecular weight is 464 g/mol. The van der Waals surface area contributed by atoms with E-state index in [2.05, 4.69) is 33.2 Å². The quantitative estimate of drug-likeness (QED) is 0.431. The molecule has 0 saturated heterocycles. The SMILES string of the molecule is CCCC(=O)NC(Cc1cccc(CC)c1)c1nnc(-c2cccc(OC(F)(F)F)c2)s1. The zero-order chi connectivity index (χ0) is 23.1. The molecule has 0 spiro atoms. The summed E-state index contributed by atoms with van der Waals surface area (Å²) in [5.74, 6) is -0.405. The van der Waals surface area contributed by atoms with Crippen LogP contribution in [0, 0.1) is 0 Å². The van der Waals surface area contributed by atoms with Crippen molar-refractivity contribution in [2.24, 2.45) is 0 Å². The van der Waals surface area contributed by atoms with E-state index in [9.17, 15) is 18.0 Å². The molecule has 5 nitrogen and oxygen atoms in total. The molecule has 3 rings (SSSR count). The average Bonchev–Trinajstić information content (AvgIpc) is 3.23.